The summed E-state index contributed by atoms with van der Waals surface area (Å²) in [7, 11) is 0. The van der Waals surface area contributed by atoms with Crippen molar-refractivity contribution >= 4 is 28.8 Å². The summed E-state index contributed by atoms with van der Waals surface area (Å²) in [6.45, 7) is 13.5. The third-order valence-corrected chi connectivity index (χ3v) is 6.97. The quantitative estimate of drug-likeness (QED) is 0.294. The van der Waals surface area contributed by atoms with Gasteiger partial charge in [-0.3, -0.25) is 0 Å². The van der Waals surface area contributed by atoms with Gasteiger partial charge in [-0.1, -0.05) is 55.1 Å². The summed E-state index contributed by atoms with van der Waals surface area (Å²) in [5.41, 5.74) is 10.5. The van der Waals surface area contributed by atoms with E-state index >= 15 is 0 Å². The predicted molar refractivity (Wildman–Crippen MR) is 137 cm³/mol. The second kappa shape index (κ2) is 11.4. The van der Waals surface area contributed by atoms with Gasteiger partial charge in [0.15, 0.2) is 6.40 Å². The van der Waals surface area contributed by atoms with E-state index in [1.54, 1.807) is 18.2 Å². The fourth-order valence-electron chi connectivity index (χ4n) is 3.98. The van der Waals surface area contributed by atoms with Crippen LogP contribution in [0.15, 0.2) is 52.9 Å². The van der Waals surface area contributed by atoms with E-state index in [9.17, 15) is 0 Å². The Hall–Kier alpha value is -2.26. The van der Waals surface area contributed by atoms with E-state index < -0.39 is 0 Å². The molecule has 0 saturated carbocycles. The van der Waals surface area contributed by atoms with E-state index in [4.69, 9.17) is 4.74 Å². The van der Waals surface area contributed by atoms with E-state index in [0.717, 1.165) is 23.4 Å². The molecule has 3 heteroatoms. The van der Waals surface area contributed by atoms with Crippen molar-refractivity contribution in [2.24, 2.45) is 4.99 Å². The lowest BCUT2D eigenvalue weighted by atomic mass is 9.90. The Bertz CT molecular complexity index is 987. The zero-order valence-corrected chi connectivity index (χ0v) is 20.3. The van der Waals surface area contributed by atoms with Crippen molar-refractivity contribution in [3.63, 3.8) is 0 Å². The van der Waals surface area contributed by atoms with Crippen molar-refractivity contribution in [2.75, 3.05) is 6.61 Å². The van der Waals surface area contributed by atoms with Gasteiger partial charge in [-0.25, -0.2) is 4.99 Å². The van der Waals surface area contributed by atoms with Gasteiger partial charge in [-0.05, 0) is 104 Å². The smallest absolute Gasteiger partial charge is 0.174 e. The topological polar surface area (TPSA) is 21.6 Å². The average Bonchev–Trinajstić information content (AvgIpc) is 2.79. The number of aliphatic imine (C=N–C) groups is 1. The van der Waals surface area contributed by atoms with Crippen LogP contribution in [0.1, 0.15) is 66.5 Å². The van der Waals surface area contributed by atoms with Gasteiger partial charge in [0.25, 0.3) is 0 Å². The number of nitrogens with zero attached hydrogens (tertiary/aromatic N) is 1. The summed E-state index contributed by atoms with van der Waals surface area (Å²) < 4.78 is 5.25. The van der Waals surface area contributed by atoms with Crippen LogP contribution in [0.3, 0.4) is 0 Å². The first-order valence-corrected chi connectivity index (χ1v) is 12.3. The van der Waals surface area contributed by atoms with Crippen LogP contribution in [-0.2, 0) is 24.0 Å². The van der Waals surface area contributed by atoms with Gasteiger partial charge in [-0.2, -0.15) is 0 Å². The second-order valence-electron chi connectivity index (χ2n) is 8.29. The van der Waals surface area contributed by atoms with Gasteiger partial charge < -0.3 is 4.74 Å². The highest BCUT2D eigenvalue weighted by atomic mass is 32.2. The molecule has 1 aliphatic rings. The molecule has 2 aromatic rings. The van der Waals surface area contributed by atoms with E-state index in [0.29, 0.717) is 6.61 Å². The lowest BCUT2D eigenvalue weighted by Crippen LogP contribution is -2.02. The summed E-state index contributed by atoms with van der Waals surface area (Å²) in [6.07, 6.45) is 8.61. The Kier molecular flexibility index (Phi) is 8.60. The third-order valence-electron chi connectivity index (χ3n) is 6.00. The van der Waals surface area contributed by atoms with Crippen LogP contribution in [-0.4, -0.2) is 13.0 Å². The van der Waals surface area contributed by atoms with E-state index in [2.05, 4.69) is 68.1 Å². The lowest BCUT2D eigenvalue weighted by Gasteiger charge is -2.17. The molecule has 0 spiro atoms. The van der Waals surface area contributed by atoms with E-state index in [-0.39, 0.29) is 0 Å². The predicted octanol–water partition coefficient (Wildman–Crippen LogP) is 8.12. The lowest BCUT2D eigenvalue weighted by molar-refractivity contribution is 0.344. The Labute approximate surface area is 192 Å². The largest absolute Gasteiger partial charge is 0.483 e. The molecule has 31 heavy (non-hydrogen) atoms. The van der Waals surface area contributed by atoms with E-state index in [1.165, 1.54) is 64.6 Å². The zero-order chi connectivity index (χ0) is 22.2. The minimum absolute atomic E-state index is 0.638. The van der Waals surface area contributed by atoms with Crippen molar-refractivity contribution in [2.45, 2.75) is 66.2 Å². The summed E-state index contributed by atoms with van der Waals surface area (Å²) in [4.78, 5) is 5.58. The minimum Gasteiger partial charge on any atom is -0.483 e. The molecule has 3 rings (SSSR count). The van der Waals surface area contributed by atoms with Gasteiger partial charge in [-0.15, -0.1) is 0 Å². The van der Waals surface area contributed by atoms with Crippen LogP contribution < -0.4 is 0 Å². The molecule has 0 bridgehead atoms. The maximum atomic E-state index is 5.25. The standard InChI is InChI=1S/C28H35NOS/c1-6-23(16-27-14-21(4)28(15-20(27)3)29-19-30-7-2)18-31-22(5)25-13-12-24-10-8-9-11-26(24)17-25/h12-15,17-19H,5-11,16H2,1-4H3/b23-18+,29-19?. The van der Waals surface area contributed by atoms with Crippen LogP contribution in [0.2, 0.25) is 0 Å². The summed E-state index contributed by atoms with van der Waals surface area (Å²) in [6, 6.07) is 11.3. The molecule has 0 heterocycles. The summed E-state index contributed by atoms with van der Waals surface area (Å²) in [5, 5.41) is 2.30. The number of hydrogen-bond acceptors (Lipinski definition) is 3. The molecular formula is C28H35NOS. The molecule has 164 valence electrons. The first kappa shape index (κ1) is 23.4. The first-order valence-electron chi connectivity index (χ1n) is 11.4. The van der Waals surface area contributed by atoms with Crippen LogP contribution in [0.4, 0.5) is 5.69 Å². The Balaban J connectivity index is 1.69. The highest BCUT2D eigenvalue weighted by Crippen LogP contribution is 2.33. The number of rotatable bonds is 9. The molecule has 0 unspecified atom stereocenters. The fourth-order valence-corrected chi connectivity index (χ4v) is 4.80. The molecule has 0 aromatic heterocycles. The highest BCUT2D eigenvalue weighted by Gasteiger charge is 2.11. The minimum atomic E-state index is 0.638. The van der Waals surface area contributed by atoms with Gasteiger partial charge in [0.05, 0.1) is 12.3 Å². The monoisotopic (exact) mass is 433 g/mol. The third kappa shape index (κ3) is 6.36. The van der Waals surface area contributed by atoms with E-state index in [1.807, 2.05) is 6.92 Å². The molecule has 0 atom stereocenters. The van der Waals surface area contributed by atoms with Crippen LogP contribution in [0, 0.1) is 13.8 Å². The Morgan fingerprint density at radius 3 is 2.58 bits per heavy atom. The molecule has 0 amide bonds. The highest BCUT2D eigenvalue weighted by molar-refractivity contribution is 8.10. The average molecular weight is 434 g/mol. The molecular weight excluding hydrogens is 398 g/mol. The zero-order valence-electron chi connectivity index (χ0n) is 19.5. The molecule has 0 radical (unpaired) electrons. The maximum absolute atomic E-state index is 5.25. The number of hydrogen-bond donors (Lipinski definition) is 0. The van der Waals surface area contributed by atoms with Gasteiger partial charge in [0.2, 0.25) is 0 Å². The second-order valence-corrected chi connectivity index (χ2v) is 9.26. The normalized spacial score (nSPS) is 14.0. The van der Waals surface area contributed by atoms with Crippen molar-refractivity contribution in [1.29, 1.82) is 0 Å². The number of ether oxygens (including phenoxy) is 1. The molecule has 1 aliphatic carbocycles. The van der Waals surface area contributed by atoms with Crippen molar-refractivity contribution in [1.82, 2.24) is 0 Å². The number of aryl methyl sites for hydroxylation is 4. The maximum Gasteiger partial charge on any atom is 0.174 e. The van der Waals surface area contributed by atoms with Gasteiger partial charge >= 0.3 is 0 Å². The Morgan fingerprint density at radius 1 is 1.06 bits per heavy atom. The number of thioether (sulfide) groups is 1. The molecule has 0 N–H and O–H groups in total. The van der Waals surface area contributed by atoms with Crippen LogP contribution >= 0.6 is 11.8 Å². The summed E-state index contributed by atoms with van der Waals surface area (Å²) in [5.74, 6) is 0. The van der Waals surface area contributed by atoms with Crippen LogP contribution in [0.5, 0.6) is 0 Å². The number of benzene rings is 2. The number of allylic oxidation sites excluding steroid dienone is 1. The van der Waals surface area contributed by atoms with Gasteiger partial charge in [0, 0.05) is 4.91 Å². The molecule has 0 aliphatic heterocycles. The fraction of sp³-hybridized carbons (Fsp3) is 0.393. The van der Waals surface area contributed by atoms with Crippen molar-refractivity contribution < 1.29 is 4.74 Å². The van der Waals surface area contributed by atoms with Crippen molar-refractivity contribution in [3.8, 4) is 0 Å². The van der Waals surface area contributed by atoms with Crippen LogP contribution in [0.25, 0.3) is 4.91 Å². The van der Waals surface area contributed by atoms with Crippen molar-refractivity contribution in [3.05, 3.63) is 81.3 Å². The number of fused-ring (bicyclic) bond motifs is 1. The molecule has 2 aromatic carbocycles. The molecule has 0 fully saturated rings. The van der Waals surface area contributed by atoms with Gasteiger partial charge in [0.1, 0.15) is 0 Å². The molecule has 0 saturated heterocycles. The molecule has 2 nitrogen and oxygen atoms in total. The first-order chi connectivity index (χ1) is 15.0. The summed E-state index contributed by atoms with van der Waals surface area (Å²) >= 11 is 1.76. The SMILES string of the molecule is C=C(S/C=C(\CC)Cc1cc(C)c(N=COCC)cc1C)c1ccc2c(c1)CCCC2. The Morgan fingerprint density at radius 2 is 1.84 bits per heavy atom.